The van der Waals surface area contributed by atoms with Gasteiger partial charge in [0, 0.05) is 32.6 Å². The minimum absolute atomic E-state index is 1.15. The molecule has 2 nitrogen and oxygen atoms in total. The maximum Gasteiger partial charge on any atom is 0.0641 e. The topological polar surface area (TPSA) is 9.34 Å². The second-order valence-corrected chi connectivity index (χ2v) is 12.2. The number of pyridine rings is 1. The van der Waals surface area contributed by atoms with Gasteiger partial charge in [-0.25, -0.2) is 0 Å². The van der Waals surface area contributed by atoms with Crippen LogP contribution in [0.2, 0.25) is 0 Å². The van der Waals surface area contributed by atoms with Gasteiger partial charge in [0.1, 0.15) is 0 Å². The third-order valence-corrected chi connectivity index (χ3v) is 9.63. The molecule has 0 unspecified atom stereocenters. The Labute approximate surface area is 266 Å². The van der Waals surface area contributed by atoms with E-state index in [0.29, 0.717) is 0 Å². The zero-order valence-corrected chi connectivity index (χ0v) is 25.1. The standard InChI is InChI=1S/C44H28N2/c1-3-13-29(14-4-1)32-25-33(30-15-5-2-6-16-30)27-34(26-32)45-40-22-12-10-20-38(40)43-41(45)24-23-37-35-18-8-9-19-36(35)42-28-31-17-7-11-21-39(31)46(42)44(37)43/h1-28H. The van der Waals surface area contributed by atoms with Crippen molar-refractivity contribution in [3.05, 3.63) is 170 Å². The fourth-order valence-electron chi connectivity index (χ4n) is 7.64. The Morgan fingerprint density at radius 1 is 0.326 bits per heavy atom. The molecule has 0 aliphatic carbocycles. The summed E-state index contributed by atoms with van der Waals surface area (Å²) in [6, 6.07) is 62.0. The molecule has 0 atom stereocenters. The number of nitrogens with zero attached hydrogens (tertiary/aromatic N) is 2. The van der Waals surface area contributed by atoms with Crippen molar-refractivity contribution in [2.45, 2.75) is 0 Å². The molecule has 10 rings (SSSR count). The van der Waals surface area contributed by atoms with Crippen molar-refractivity contribution in [1.29, 1.82) is 0 Å². The minimum atomic E-state index is 1.15. The maximum absolute atomic E-state index is 2.50. The van der Waals surface area contributed by atoms with E-state index in [1.54, 1.807) is 0 Å². The van der Waals surface area contributed by atoms with E-state index >= 15 is 0 Å². The average Bonchev–Trinajstić information content (AvgIpc) is 3.69. The first-order valence-corrected chi connectivity index (χ1v) is 15.9. The molecule has 10 aromatic rings. The summed E-state index contributed by atoms with van der Waals surface area (Å²) in [7, 11) is 0. The summed E-state index contributed by atoms with van der Waals surface area (Å²) < 4.78 is 4.97. The van der Waals surface area contributed by atoms with Crippen molar-refractivity contribution >= 4 is 59.9 Å². The highest BCUT2D eigenvalue weighted by Crippen LogP contribution is 2.42. The normalized spacial score (nSPS) is 11.9. The number of hydrogen-bond donors (Lipinski definition) is 0. The highest BCUT2D eigenvalue weighted by atomic mass is 15.0. The summed E-state index contributed by atoms with van der Waals surface area (Å²) in [5, 5.41) is 7.61. The Morgan fingerprint density at radius 2 is 0.913 bits per heavy atom. The summed E-state index contributed by atoms with van der Waals surface area (Å²) in [6.07, 6.45) is 0. The largest absolute Gasteiger partial charge is 0.309 e. The quantitative estimate of drug-likeness (QED) is 0.183. The molecular formula is C44H28N2. The number of hydrogen-bond acceptors (Lipinski definition) is 0. The van der Waals surface area contributed by atoms with Gasteiger partial charge in [-0.15, -0.1) is 0 Å². The molecule has 0 fully saturated rings. The molecule has 0 bridgehead atoms. The zero-order chi connectivity index (χ0) is 30.2. The van der Waals surface area contributed by atoms with E-state index in [9.17, 15) is 0 Å². The average molecular weight is 585 g/mol. The van der Waals surface area contributed by atoms with Crippen LogP contribution in [0, 0.1) is 0 Å². The Hall–Kier alpha value is -6.12. The summed E-state index contributed by atoms with van der Waals surface area (Å²) in [5.41, 5.74) is 12.1. The first kappa shape index (κ1) is 25.2. The van der Waals surface area contributed by atoms with E-state index in [4.69, 9.17) is 0 Å². The van der Waals surface area contributed by atoms with E-state index in [0.717, 1.165) is 5.69 Å². The molecule has 0 saturated heterocycles. The van der Waals surface area contributed by atoms with Crippen molar-refractivity contribution in [2.75, 3.05) is 0 Å². The van der Waals surface area contributed by atoms with Crippen molar-refractivity contribution in [2.24, 2.45) is 0 Å². The summed E-state index contributed by atoms with van der Waals surface area (Å²) in [5.74, 6) is 0. The molecule has 0 aliphatic heterocycles. The van der Waals surface area contributed by atoms with Gasteiger partial charge in [-0.2, -0.15) is 0 Å². The van der Waals surface area contributed by atoms with Crippen LogP contribution in [0.5, 0.6) is 0 Å². The van der Waals surface area contributed by atoms with Crippen molar-refractivity contribution in [1.82, 2.24) is 8.97 Å². The number of fused-ring (bicyclic) bond motifs is 12. The minimum Gasteiger partial charge on any atom is -0.309 e. The SMILES string of the molecule is c1ccc(-c2cc(-c3ccccc3)cc(-n3c4ccccc4c4c3ccc3c5ccccc5c5cc6ccccc6n5c34)c2)cc1. The lowest BCUT2D eigenvalue weighted by atomic mass is 9.98. The van der Waals surface area contributed by atoms with Crippen LogP contribution in [0.4, 0.5) is 0 Å². The molecular weight excluding hydrogens is 556 g/mol. The lowest BCUT2D eigenvalue weighted by Gasteiger charge is -2.15. The summed E-state index contributed by atoms with van der Waals surface area (Å²) in [4.78, 5) is 0. The molecule has 0 N–H and O–H groups in total. The molecule has 0 amide bonds. The highest BCUT2D eigenvalue weighted by molar-refractivity contribution is 6.27. The number of para-hydroxylation sites is 2. The van der Waals surface area contributed by atoms with Crippen LogP contribution in [-0.4, -0.2) is 8.97 Å². The molecule has 0 spiro atoms. The van der Waals surface area contributed by atoms with E-state index in [-0.39, 0.29) is 0 Å². The van der Waals surface area contributed by atoms with Gasteiger partial charge >= 0.3 is 0 Å². The van der Waals surface area contributed by atoms with E-state index in [1.165, 1.54) is 82.2 Å². The second-order valence-electron chi connectivity index (χ2n) is 12.2. The molecule has 0 radical (unpaired) electrons. The van der Waals surface area contributed by atoms with Gasteiger partial charge in [0.2, 0.25) is 0 Å². The molecule has 0 aliphatic rings. The molecule has 2 heteroatoms. The number of rotatable bonds is 3. The molecule has 0 saturated carbocycles. The van der Waals surface area contributed by atoms with Gasteiger partial charge in [0.25, 0.3) is 0 Å². The number of aromatic nitrogens is 2. The van der Waals surface area contributed by atoms with Crippen LogP contribution in [0.15, 0.2) is 170 Å². The maximum atomic E-state index is 2.50. The van der Waals surface area contributed by atoms with Gasteiger partial charge < -0.3 is 8.97 Å². The Kier molecular flexibility index (Phi) is 5.31. The van der Waals surface area contributed by atoms with Crippen LogP contribution in [0.1, 0.15) is 0 Å². The van der Waals surface area contributed by atoms with Crippen LogP contribution >= 0.6 is 0 Å². The Balaban J connectivity index is 1.39. The molecule has 3 aromatic heterocycles. The van der Waals surface area contributed by atoms with Crippen LogP contribution < -0.4 is 0 Å². The van der Waals surface area contributed by atoms with E-state index in [2.05, 4.69) is 179 Å². The lowest BCUT2D eigenvalue weighted by molar-refractivity contribution is 1.18. The highest BCUT2D eigenvalue weighted by Gasteiger charge is 2.20. The summed E-state index contributed by atoms with van der Waals surface area (Å²) in [6.45, 7) is 0. The monoisotopic (exact) mass is 584 g/mol. The lowest BCUT2D eigenvalue weighted by Crippen LogP contribution is -1.97. The van der Waals surface area contributed by atoms with Crippen LogP contribution in [-0.2, 0) is 0 Å². The van der Waals surface area contributed by atoms with Crippen molar-refractivity contribution < 1.29 is 0 Å². The Bertz CT molecular complexity index is 2730. The van der Waals surface area contributed by atoms with Crippen molar-refractivity contribution in [3.8, 4) is 27.9 Å². The van der Waals surface area contributed by atoms with Gasteiger partial charge in [0.15, 0.2) is 0 Å². The van der Waals surface area contributed by atoms with Crippen LogP contribution in [0.3, 0.4) is 0 Å². The first-order valence-electron chi connectivity index (χ1n) is 15.9. The van der Waals surface area contributed by atoms with Crippen LogP contribution in [0.25, 0.3) is 87.8 Å². The molecule has 214 valence electrons. The van der Waals surface area contributed by atoms with E-state index < -0.39 is 0 Å². The molecule has 3 heterocycles. The van der Waals surface area contributed by atoms with Gasteiger partial charge in [-0.3, -0.25) is 0 Å². The third kappa shape index (κ3) is 3.59. The number of benzene rings is 7. The third-order valence-electron chi connectivity index (χ3n) is 9.63. The smallest absolute Gasteiger partial charge is 0.0641 e. The zero-order valence-electron chi connectivity index (χ0n) is 25.1. The predicted molar refractivity (Wildman–Crippen MR) is 195 cm³/mol. The van der Waals surface area contributed by atoms with Crippen molar-refractivity contribution in [3.63, 3.8) is 0 Å². The van der Waals surface area contributed by atoms with E-state index in [1.807, 2.05) is 0 Å². The van der Waals surface area contributed by atoms with Gasteiger partial charge in [-0.1, -0.05) is 127 Å². The summed E-state index contributed by atoms with van der Waals surface area (Å²) >= 11 is 0. The second kappa shape index (κ2) is 9.69. The predicted octanol–water partition coefficient (Wildman–Crippen LogP) is 11.8. The Morgan fingerprint density at radius 3 is 1.63 bits per heavy atom. The molecule has 46 heavy (non-hydrogen) atoms. The fourth-order valence-corrected chi connectivity index (χ4v) is 7.64. The van der Waals surface area contributed by atoms with Gasteiger partial charge in [-0.05, 0) is 70.1 Å². The van der Waals surface area contributed by atoms with Gasteiger partial charge in [0.05, 0.1) is 27.6 Å². The fraction of sp³-hybridized carbons (Fsp3) is 0. The molecule has 7 aromatic carbocycles. The first-order chi connectivity index (χ1) is 22.8.